The van der Waals surface area contributed by atoms with E-state index in [1.165, 1.54) is 0 Å². The van der Waals surface area contributed by atoms with Gasteiger partial charge in [0.1, 0.15) is 6.10 Å². The number of rotatable bonds is 4. The van der Waals surface area contributed by atoms with Crippen LogP contribution in [0.5, 0.6) is 0 Å². The Morgan fingerprint density at radius 3 is 2.94 bits per heavy atom. The smallest absolute Gasteiger partial charge is 0.107 e. The van der Waals surface area contributed by atoms with Gasteiger partial charge in [0.05, 0.1) is 6.20 Å². The lowest BCUT2D eigenvalue weighted by molar-refractivity contribution is 0.219. The number of benzene rings is 1. The molecule has 2 rings (SSSR count). The zero-order chi connectivity index (χ0) is 13.1. The van der Waals surface area contributed by atoms with Gasteiger partial charge in [-0.15, -0.1) is 0 Å². The van der Waals surface area contributed by atoms with Gasteiger partial charge in [0.15, 0.2) is 0 Å². The second kappa shape index (κ2) is 5.55. The molecular formula is C14H17ClN2O. The highest BCUT2D eigenvalue weighted by molar-refractivity contribution is 6.31. The molecule has 0 amide bonds. The van der Waals surface area contributed by atoms with Gasteiger partial charge in [-0.25, -0.2) is 0 Å². The minimum atomic E-state index is -0.672. The molecule has 0 saturated carbocycles. The van der Waals surface area contributed by atoms with E-state index in [4.69, 9.17) is 11.6 Å². The first-order valence-electron chi connectivity index (χ1n) is 6.09. The molecule has 1 N–H and O–H groups in total. The molecule has 0 fully saturated rings. The van der Waals surface area contributed by atoms with Crippen molar-refractivity contribution in [2.75, 3.05) is 0 Å². The normalized spacial score (nSPS) is 12.7. The van der Waals surface area contributed by atoms with E-state index >= 15 is 0 Å². The lowest BCUT2D eigenvalue weighted by Crippen LogP contribution is -2.01. The average molecular weight is 265 g/mol. The van der Waals surface area contributed by atoms with E-state index in [1.54, 1.807) is 6.20 Å². The van der Waals surface area contributed by atoms with Gasteiger partial charge in [-0.2, -0.15) is 5.10 Å². The fourth-order valence-corrected chi connectivity index (χ4v) is 2.15. The van der Waals surface area contributed by atoms with Crippen LogP contribution in [-0.4, -0.2) is 14.9 Å². The summed E-state index contributed by atoms with van der Waals surface area (Å²) < 4.78 is 1.85. The first-order valence-corrected chi connectivity index (χ1v) is 6.46. The molecule has 0 spiro atoms. The van der Waals surface area contributed by atoms with Crippen LogP contribution in [-0.2, 0) is 6.54 Å². The Bertz CT molecular complexity index is 536. The number of aliphatic hydroxyl groups is 1. The number of hydrogen-bond acceptors (Lipinski definition) is 2. The SMILES string of the molecule is CCCn1cc(C(O)c2cccc(Cl)c2C)cn1. The fourth-order valence-electron chi connectivity index (χ4n) is 1.97. The number of halogens is 1. The van der Waals surface area contributed by atoms with Gasteiger partial charge in [0, 0.05) is 23.3 Å². The monoisotopic (exact) mass is 264 g/mol. The molecule has 1 heterocycles. The number of aliphatic hydroxyl groups excluding tert-OH is 1. The van der Waals surface area contributed by atoms with Crippen molar-refractivity contribution in [2.24, 2.45) is 0 Å². The quantitative estimate of drug-likeness (QED) is 0.920. The third kappa shape index (κ3) is 2.57. The van der Waals surface area contributed by atoms with Crippen LogP contribution in [0.3, 0.4) is 0 Å². The molecule has 2 aromatic rings. The Kier molecular flexibility index (Phi) is 4.04. The topological polar surface area (TPSA) is 38.0 Å². The summed E-state index contributed by atoms with van der Waals surface area (Å²) in [5, 5.41) is 15.3. The molecule has 1 unspecified atom stereocenters. The number of aromatic nitrogens is 2. The molecule has 0 aliphatic carbocycles. The molecule has 0 aliphatic heterocycles. The molecule has 18 heavy (non-hydrogen) atoms. The van der Waals surface area contributed by atoms with E-state index in [0.717, 1.165) is 29.7 Å². The summed E-state index contributed by atoms with van der Waals surface area (Å²) >= 11 is 6.07. The fraction of sp³-hybridized carbons (Fsp3) is 0.357. The summed E-state index contributed by atoms with van der Waals surface area (Å²) in [6.07, 6.45) is 3.94. The molecule has 1 aromatic carbocycles. The minimum absolute atomic E-state index is 0.672. The van der Waals surface area contributed by atoms with Gasteiger partial charge < -0.3 is 5.11 Å². The van der Waals surface area contributed by atoms with Crippen LogP contribution in [0.25, 0.3) is 0 Å². The highest BCUT2D eigenvalue weighted by atomic mass is 35.5. The van der Waals surface area contributed by atoms with Crippen LogP contribution in [0, 0.1) is 6.92 Å². The van der Waals surface area contributed by atoms with E-state index in [1.807, 2.05) is 36.0 Å². The van der Waals surface area contributed by atoms with Gasteiger partial charge >= 0.3 is 0 Å². The van der Waals surface area contributed by atoms with Gasteiger partial charge in [-0.1, -0.05) is 30.7 Å². The molecule has 1 aromatic heterocycles. The predicted octanol–water partition coefficient (Wildman–Crippen LogP) is 3.34. The predicted molar refractivity (Wildman–Crippen MR) is 72.8 cm³/mol. The number of nitrogens with zero attached hydrogens (tertiary/aromatic N) is 2. The Hall–Kier alpha value is -1.32. The van der Waals surface area contributed by atoms with Crippen molar-refractivity contribution in [3.8, 4) is 0 Å². The Balaban J connectivity index is 2.29. The van der Waals surface area contributed by atoms with Crippen molar-refractivity contribution in [2.45, 2.75) is 32.9 Å². The van der Waals surface area contributed by atoms with Gasteiger partial charge in [0.25, 0.3) is 0 Å². The summed E-state index contributed by atoms with van der Waals surface area (Å²) in [7, 11) is 0. The van der Waals surface area contributed by atoms with Crippen molar-refractivity contribution in [3.05, 3.63) is 52.3 Å². The zero-order valence-corrected chi connectivity index (χ0v) is 11.4. The standard InChI is InChI=1S/C14H17ClN2O/c1-3-7-17-9-11(8-16-17)14(18)12-5-4-6-13(15)10(12)2/h4-6,8-9,14,18H,3,7H2,1-2H3. The average Bonchev–Trinajstić information content (AvgIpc) is 2.81. The second-order valence-electron chi connectivity index (χ2n) is 4.39. The molecule has 0 bridgehead atoms. The maximum Gasteiger partial charge on any atom is 0.107 e. The van der Waals surface area contributed by atoms with Gasteiger partial charge in [0.2, 0.25) is 0 Å². The molecule has 1 atom stereocenters. The van der Waals surface area contributed by atoms with E-state index in [0.29, 0.717) is 5.02 Å². The van der Waals surface area contributed by atoms with Crippen LogP contribution < -0.4 is 0 Å². The highest BCUT2D eigenvalue weighted by Crippen LogP contribution is 2.28. The summed E-state index contributed by atoms with van der Waals surface area (Å²) in [5.41, 5.74) is 2.54. The molecule has 0 saturated heterocycles. The minimum Gasteiger partial charge on any atom is -0.384 e. The van der Waals surface area contributed by atoms with Crippen molar-refractivity contribution in [1.29, 1.82) is 0 Å². The van der Waals surface area contributed by atoms with E-state index in [-0.39, 0.29) is 0 Å². The summed E-state index contributed by atoms with van der Waals surface area (Å²) in [6, 6.07) is 5.57. The molecule has 0 radical (unpaired) electrons. The van der Waals surface area contributed by atoms with Crippen LogP contribution in [0.4, 0.5) is 0 Å². The lowest BCUT2D eigenvalue weighted by atomic mass is 10.00. The third-order valence-electron chi connectivity index (χ3n) is 3.03. The van der Waals surface area contributed by atoms with Crippen molar-refractivity contribution >= 4 is 11.6 Å². The maximum absolute atomic E-state index is 10.4. The maximum atomic E-state index is 10.4. The van der Waals surface area contributed by atoms with Crippen molar-refractivity contribution in [1.82, 2.24) is 9.78 Å². The largest absolute Gasteiger partial charge is 0.384 e. The molecule has 96 valence electrons. The Morgan fingerprint density at radius 2 is 2.22 bits per heavy atom. The molecular weight excluding hydrogens is 248 g/mol. The van der Waals surface area contributed by atoms with Crippen molar-refractivity contribution < 1.29 is 5.11 Å². The zero-order valence-electron chi connectivity index (χ0n) is 10.6. The second-order valence-corrected chi connectivity index (χ2v) is 4.80. The van der Waals surface area contributed by atoms with Crippen LogP contribution >= 0.6 is 11.6 Å². The van der Waals surface area contributed by atoms with Crippen LogP contribution in [0.2, 0.25) is 5.02 Å². The van der Waals surface area contributed by atoms with E-state index < -0.39 is 6.10 Å². The summed E-state index contributed by atoms with van der Waals surface area (Å²) in [6.45, 7) is 4.87. The number of aryl methyl sites for hydroxylation is 1. The van der Waals surface area contributed by atoms with Crippen LogP contribution in [0.15, 0.2) is 30.6 Å². The summed E-state index contributed by atoms with van der Waals surface area (Å²) in [4.78, 5) is 0. The van der Waals surface area contributed by atoms with E-state index in [9.17, 15) is 5.11 Å². The van der Waals surface area contributed by atoms with Gasteiger partial charge in [-0.05, 0) is 30.5 Å². The van der Waals surface area contributed by atoms with Gasteiger partial charge in [-0.3, -0.25) is 4.68 Å². The highest BCUT2D eigenvalue weighted by Gasteiger charge is 2.15. The molecule has 3 nitrogen and oxygen atoms in total. The molecule has 4 heteroatoms. The summed E-state index contributed by atoms with van der Waals surface area (Å²) in [5.74, 6) is 0. The Labute approximate surface area is 112 Å². The third-order valence-corrected chi connectivity index (χ3v) is 3.44. The van der Waals surface area contributed by atoms with Crippen molar-refractivity contribution in [3.63, 3.8) is 0 Å². The first kappa shape index (κ1) is 13.1. The lowest BCUT2D eigenvalue weighted by Gasteiger charge is -2.12. The number of hydrogen-bond donors (Lipinski definition) is 1. The van der Waals surface area contributed by atoms with E-state index in [2.05, 4.69) is 12.0 Å². The Morgan fingerprint density at radius 1 is 1.44 bits per heavy atom. The van der Waals surface area contributed by atoms with Crippen LogP contribution in [0.1, 0.15) is 36.1 Å². The first-order chi connectivity index (χ1) is 8.63. The molecule has 0 aliphatic rings.